The number of alkyl halides is 2. The molecule has 0 unspecified atom stereocenters. The molecule has 2 atom stereocenters. The number of halogens is 3. The van der Waals surface area contributed by atoms with Crippen molar-refractivity contribution >= 4 is 5.91 Å². The van der Waals surface area contributed by atoms with Gasteiger partial charge in [0.25, 0.3) is 12.3 Å². The van der Waals surface area contributed by atoms with Gasteiger partial charge in [-0.25, -0.2) is 18.2 Å². The number of carbonyl (C=O) groups excluding carboxylic acids is 1. The van der Waals surface area contributed by atoms with Gasteiger partial charge in [0.2, 0.25) is 0 Å². The lowest BCUT2D eigenvalue weighted by molar-refractivity contribution is -0.148. The van der Waals surface area contributed by atoms with Crippen molar-refractivity contribution in [1.29, 1.82) is 0 Å². The third-order valence-electron chi connectivity index (χ3n) is 4.64. The van der Waals surface area contributed by atoms with E-state index in [0.717, 1.165) is 0 Å². The van der Waals surface area contributed by atoms with Crippen molar-refractivity contribution in [2.75, 3.05) is 13.1 Å². The molecule has 3 nitrogen and oxygen atoms in total. The third kappa shape index (κ3) is 2.04. The molecule has 0 aliphatic carbocycles. The molecule has 114 valence electrons. The average molecular weight is 298 g/mol. The molecule has 6 heteroatoms. The summed E-state index contributed by atoms with van der Waals surface area (Å²) in [4.78, 5) is 12.6. The molecule has 2 fully saturated rings. The molecule has 2 heterocycles. The predicted octanol–water partition coefficient (Wildman–Crippen LogP) is 2.99. The first-order chi connectivity index (χ1) is 9.99. The number of fused-ring (bicyclic) bond motifs is 1. The van der Waals surface area contributed by atoms with Crippen LogP contribution in [-0.4, -0.2) is 35.4 Å². The van der Waals surface area contributed by atoms with Gasteiger partial charge in [-0.15, -0.1) is 0 Å². The zero-order valence-corrected chi connectivity index (χ0v) is 11.7. The normalized spacial score (nSPS) is 29.5. The summed E-state index contributed by atoms with van der Waals surface area (Å²) >= 11 is 0. The summed E-state index contributed by atoms with van der Waals surface area (Å²) < 4.78 is 40.2. The molecule has 21 heavy (non-hydrogen) atoms. The van der Waals surface area contributed by atoms with Crippen LogP contribution in [-0.2, 0) is 4.79 Å². The Morgan fingerprint density at radius 2 is 2.19 bits per heavy atom. The van der Waals surface area contributed by atoms with Crippen LogP contribution in [0.5, 0.6) is 0 Å². The van der Waals surface area contributed by atoms with Crippen LogP contribution < -0.4 is 0 Å². The number of hydrogen-bond acceptors (Lipinski definition) is 2. The predicted molar refractivity (Wildman–Crippen MR) is 70.9 cm³/mol. The van der Waals surface area contributed by atoms with Gasteiger partial charge in [-0.3, -0.25) is 9.80 Å². The standard InChI is InChI=1S/C15H17F3N2O/c1-2-15(13(17)18)9-19-7-6-12(20(19)14(15)21)10-4-3-5-11(16)8-10/h3-5,8,12-13H,2,6-7,9H2,1H3/t12-,15+/m1/s1. The molecule has 0 N–H and O–H groups in total. The quantitative estimate of drug-likeness (QED) is 0.856. The van der Waals surface area contributed by atoms with Crippen molar-refractivity contribution in [3.63, 3.8) is 0 Å². The first-order valence-corrected chi connectivity index (χ1v) is 7.11. The fraction of sp³-hybridized carbons (Fsp3) is 0.533. The number of hydrazine groups is 1. The highest BCUT2D eigenvalue weighted by molar-refractivity contribution is 5.85. The first kappa shape index (κ1) is 14.4. The van der Waals surface area contributed by atoms with Gasteiger partial charge < -0.3 is 0 Å². The summed E-state index contributed by atoms with van der Waals surface area (Å²) in [6.45, 7) is 2.21. The number of nitrogens with zero attached hydrogens (tertiary/aromatic N) is 2. The fourth-order valence-corrected chi connectivity index (χ4v) is 3.35. The number of rotatable bonds is 3. The van der Waals surface area contributed by atoms with E-state index in [2.05, 4.69) is 0 Å². The number of amides is 1. The van der Waals surface area contributed by atoms with Gasteiger partial charge in [-0.1, -0.05) is 19.1 Å². The van der Waals surface area contributed by atoms with E-state index in [0.29, 0.717) is 18.5 Å². The average Bonchev–Trinajstić information content (AvgIpc) is 2.98. The maximum Gasteiger partial charge on any atom is 0.254 e. The largest absolute Gasteiger partial charge is 0.272 e. The van der Waals surface area contributed by atoms with Gasteiger partial charge >= 0.3 is 0 Å². The van der Waals surface area contributed by atoms with E-state index in [-0.39, 0.29) is 24.8 Å². The fourth-order valence-electron chi connectivity index (χ4n) is 3.35. The van der Waals surface area contributed by atoms with Crippen LogP contribution in [0.15, 0.2) is 24.3 Å². The van der Waals surface area contributed by atoms with Crippen LogP contribution >= 0.6 is 0 Å². The maximum absolute atomic E-state index is 13.4. The Kier molecular flexibility index (Phi) is 3.43. The topological polar surface area (TPSA) is 23.6 Å². The molecule has 0 aromatic heterocycles. The van der Waals surface area contributed by atoms with E-state index in [4.69, 9.17) is 0 Å². The number of carbonyl (C=O) groups is 1. The molecule has 0 bridgehead atoms. The molecule has 1 amide bonds. The van der Waals surface area contributed by atoms with E-state index in [9.17, 15) is 18.0 Å². The summed E-state index contributed by atoms with van der Waals surface area (Å²) in [6.07, 6.45) is -1.95. The molecule has 2 aliphatic rings. The van der Waals surface area contributed by atoms with Gasteiger partial charge in [0, 0.05) is 13.1 Å². The zero-order valence-electron chi connectivity index (χ0n) is 11.7. The lowest BCUT2D eigenvalue weighted by Crippen LogP contribution is -2.41. The number of benzene rings is 1. The second kappa shape index (κ2) is 5.02. The molecule has 2 saturated heterocycles. The molecule has 1 aromatic carbocycles. The van der Waals surface area contributed by atoms with E-state index in [1.165, 1.54) is 17.1 Å². The highest BCUT2D eigenvalue weighted by Gasteiger charge is 2.59. The Bertz CT molecular complexity index is 566. The summed E-state index contributed by atoms with van der Waals surface area (Å²) in [7, 11) is 0. The second-order valence-corrected chi connectivity index (χ2v) is 5.71. The minimum atomic E-state index is -2.69. The molecule has 0 spiro atoms. The van der Waals surface area contributed by atoms with Gasteiger partial charge in [0.1, 0.15) is 11.2 Å². The van der Waals surface area contributed by atoms with Crippen molar-refractivity contribution < 1.29 is 18.0 Å². The Hall–Kier alpha value is -1.56. The highest BCUT2D eigenvalue weighted by atomic mass is 19.3. The lowest BCUT2D eigenvalue weighted by Gasteiger charge is -2.27. The Labute approximate surface area is 121 Å². The maximum atomic E-state index is 13.4. The first-order valence-electron chi connectivity index (χ1n) is 7.11. The Balaban J connectivity index is 1.94. The van der Waals surface area contributed by atoms with E-state index in [1.54, 1.807) is 24.1 Å². The van der Waals surface area contributed by atoms with Crippen LogP contribution in [0.25, 0.3) is 0 Å². The molecule has 1 aromatic rings. The van der Waals surface area contributed by atoms with Crippen molar-refractivity contribution in [3.05, 3.63) is 35.6 Å². The van der Waals surface area contributed by atoms with Crippen molar-refractivity contribution in [1.82, 2.24) is 10.0 Å². The van der Waals surface area contributed by atoms with Crippen LogP contribution in [0.3, 0.4) is 0 Å². The van der Waals surface area contributed by atoms with Crippen molar-refractivity contribution in [2.45, 2.75) is 32.2 Å². The summed E-state index contributed by atoms with van der Waals surface area (Å²) in [5.41, 5.74) is -0.960. The zero-order chi connectivity index (χ0) is 15.2. The highest BCUT2D eigenvalue weighted by Crippen LogP contribution is 2.46. The lowest BCUT2D eigenvalue weighted by atomic mass is 9.84. The van der Waals surface area contributed by atoms with Crippen LogP contribution in [0.1, 0.15) is 31.4 Å². The molecular weight excluding hydrogens is 281 g/mol. The minimum absolute atomic E-state index is 0.0474. The van der Waals surface area contributed by atoms with E-state index < -0.39 is 17.7 Å². The smallest absolute Gasteiger partial charge is 0.254 e. The summed E-state index contributed by atoms with van der Waals surface area (Å²) in [5, 5.41) is 3.11. The van der Waals surface area contributed by atoms with Crippen LogP contribution in [0, 0.1) is 11.2 Å². The SMILES string of the molecule is CC[C@@]1(C(F)F)CN2CC[C@H](c3cccc(F)c3)N2C1=O. The Morgan fingerprint density at radius 1 is 1.43 bits per heavy atom. The van der Waals surface area contributed by atoms with Crippen LogP contribution in [0.4, 0.5) is 13.2 Å². The van der Waals surface area contributed by atoms with E-state index in [1.807, 2.05) is 0 Å². The molecule has 0 saturated carbocycles. The van der Waals surface area contributed by atoms with E-state index >= 15 is 0 Å². The minimum Gasteiger partial charge on any atom is -0.272 e. The summed E-state index contributed by atoms with van der Waals surface area (Å²) in [6, 6.07) is 5.67. The molecule has 2 aliphatic heterocycles. The molecular formula is C15H17F3N2O. The van der Waals surface area contributed by atoms with Gasteiger partial charge in [0.05, 0.1) is 6.04 Å². The number of hydrogen-bond donors (Lipinski definition) is 0. The second-order valence-electron chi connectivity index (χ2n) is 5.71. The third-order valence-corrected chi connectivity index (χ3v) is 4.64. The molecule has 0 radical (unpaired) electrons. The van der Waals surface area contributed by atoms with Gasteiger partial charge in [-0.05, 0) is 30.5 Å². The molecule has 3 rings (SSSR count). The monoisotopic (exact) mass is 298 g/mol. The van der Waals surface area contributed by atoms with Gasteiger partial charge in [0.15, 0.2) is 0 Å². The van der Waals surface area contributed by atoms with Gasteiger partial charge in [-0.2, -0.15) is 0 Å². The summed E-state index contributed by atoms with van der Waals surface area (Å²) in [5.74, 6) is -0.917. The van der Waals surface area contributed by atoms with Crippen molar-refractivity contribution in [2.24, 2.45) is 5.41 Å². The Morgan fingerprint density at radius 3 is 2.81 bits per heavy atom. The van der Waals surface area contributed by atoms with Crippen molar-refractivity contribution in [3.8, 4) is 0 Å². The van der Waals surface area contributed by atoms with Crippen LogP contribution in [0.2, 0.25) is 0 Å².